The maximum absolute atomic E-state index is 12.3. The molecule has 2 aromatic heterocycles. The predicted molar refractivity (Wildman–Crippen MR) is 102 cm³/mol. The zero-order valence-corrected chi connectivity index (χ0v) is 15.9. The SMILES string of the molecule is C=CCNc1nc(C(=O)OCC(=O)N2CCN(C(=O)c3ccco3)CC2)cs1. The molecule has 1 aliphatic heterocycles. The van der Waals surface area contributed by atoms with Gasteiger partial charge in [0.2, 0.25) is 0 Å². The largest absolute Gasteiger partial charge is 0.459 e. The monoisotopic (exact) mass is 404 g/mol. The number of hydrogen-bond donors (Lipinski definition) is 1. The molecule has 0 aliphatic carbocycles. The van der Waals surface area contributed by atoms with E-state index >= 15 is 0 Å². The summed E-state index contributed by atoms with van der Waals surface area (Å²) in [5.74, 6) is -0.881. The van der Waals surface area contributed by atoms with E-state index in [1.54, 1.807) is 33.4 Å². The zero-order chi connectivity index (χ0) is 19.9. The number of aromatic nitrogens is 1. The molecule has 2 amide bonds. The number of esters is 1. The quantitative estimate of drug-likeness (QED) is 0.550. The Kier molecular flexibility index (Phi) is 6.43. The maximum Gasteiger partial charge on any atom is 0.358 e. The van der Waals surface area contributed by atoms with Crippen molar-refractivity contribution < 1.29 is 23.5 Å². The molecule has 0 saturated carbocycles. The van der Waals surface area contributed by atoms with Gasteiger partial charge >= 0.3 is 5.97 Å². The number of piperazine rings is 1. The molecular formula is C18H20N4O5S. The van der Waals surface area contributed by atoms with Gasteiger partial charge in [-0.1, -0.05) is 6.08 Å². The molecule has 9 nitrogen and oxygen atoms in total. The van der Waals surface area contributed by atoms with Gasteiger partial charge in [-0.15, -0.1) is 17.9 Å². The summed E-state index contributed by atoms with van der Waals surface area (Å²) in [6, 6.07) is 3.26. The molecule has 1 aliphatic rings. The van der Waals surface area contributed by atoms with Gasteiger partial charge in [-0.3, -0.25) is 9.59 Å². The van der Waals surface area contributed by atoms with Crippen molar-refractivity contribution in [2.45, 2.75) is 0 Å². The van der Waals surface area contributed by atoms with Gasteiger partial charge in [0.25, 0.3) is 11.8 Å². The van der Waals surface area contributed by atoms with Crippen LogP contribution in [0.25, 0.3) is 0 Å². The standard InChI is InChI=1S/C18H20N4O5S/c1-2-5-19-18-20-13(12-28-18)17(25)27-11-15(23)21-6-8-22(9-7-21)16(24)14-4-3-10-26-14/h2-4,10,12H,1,5-9,11H2,(H,19,20). The number of carbonyl (C=O) groups excluding carboxylic acids is 3. The second-order valence-electron chi connectivity index (χ2n) is 5.93. The van der Waals surface area contributed by atoms with Crippen molar-refractivity contribution in [3.05, 3.63) is 47.9 Å². The number of rotatable bonds is 7. The van der Waals surface area contributed by atoms with Crippen LogP contribution in [0.15, 0.2) is 40.8 Å². The van der Waals surface area contributed by atoms with Crippen LogP contribution in [0.2, 0.25) is 0 Å². The number of nitrogens with zero attached hydrogens (tertiary/aromatic N) is 3. The summed E-state index contributed by atoms with van der Waals surface area (Å²) >= 11 is 1.27. The summed E-state index contributed by atoms with van der Waals surface area (Å²) in [7, 11) is 0. The minimum absolute atomic E-state index is 0.151. The average molecular weight is 404 g/mol. The molecule has 3 heterocycles. The number of furan rings is 1. The van der Waals surface area contributed by atoms with E-state index in [1.165, 1.54) is 17.6 Å². The molecule has 10 heteroatoms. The number of ether oxygens (including phenoxy) is 1. The summed E-state index contributed by atoms with van der Waals surface area (Å²) in [5, 5.41) is 5.12. The van der Waals surface area contributed by atoms with E-state index in [1.807, 2.05) is 0 Å². The van der Waals surface area contributed by atoms with Crippen molar-refractivity contribution in [1.82, 2.24) is 14.8 Å². The number of anilines is 1. The van der Waals surface area contributed by atoms with Crippen LogP contribution in [-0.4, -0.2) is 71.9 Å². The lowest BCUT2D eigenvalue weighted by Crippen LogP contribution is -2.51. The Morgan fingerprint density at radius 3 is 2.71 bits per heavy atom. The van der Waals surface area contributed by atoms with Gasteiger partial charge < -0.3 is 24.3 Å². The van der Waals surface area contributed by atoms with Crippen molar-refractivity contribution in [1.29, 1.82) is 0 Å². The Balaban J connectivity index is 1.43. The van der Waals surface area contributed by atoms with E-state index in [-0.39, 0.29) is 29.9 Å². The van der Waals surface area contributed by atoms with E-state index < -0.39 is 5.97 Å². The number of carbonyl (C=O) groups is 3. The molecule has 0 bridgehead atoms. The summed E-state index contributed by atoms with van der Waals surface area (Å²) < 4.78 is 10.2. The third kappa shape index (κ3) is 4.77. The second kappa shape index (κ2) is 9.18. The lowest BCUT2D eigenvalue weighted by Gasteiger charge is -2.34. The molecule has 1 saturated heterocycles. The first-order valence-electron chi connectivity index (χ1n) is 8.66. The number of amides is 2. The van der Waals surface area contributed by atoms with E-state index in [0.29, 0.717) is 37.9 Å². The molecule has 148 valence electrons. The maximum atomic E-state index is 12.3. The van der Waals surface area contributed by atoms with Gasteiger partial charge in [-0.2, -0.15) is 0 Å². The second-order valence-corrected chi connectivity index (χ2v) is 6.79. The highest BCUT2D eigenvalue weighted by Gasteiger charge is 2.26. The minimum Gasteiger partial charge on any atom is -0.459 e. The zero-order valence-electron chi connectivity index (χ0n) is 15.1. The fraction of sp³-hybridized carbons (Fsp3) is 0.333. The van der Waals surface area contributed by atoms with Gasteiger partial charge in [0, 0.05) is 38.1 Å². The third-order valence-electron chi connectivity index (χ3n) is 4.09. The molecule has 2 aromatic rings. The van der Waals surface area contributed by atoms with E-state index in [9.17, 15) is 14.4 Å². The Morgan fingerprint density at radius 2 is 2.04 bits per heavy atom. The molecule has 0 aromatic carbocycles. The number of thiazole rings is 1. The van der Waals surface area contributed by atoms with Gasteiger partial charge in [0.1, 0.15) is 0 Å². The Morgan fingerprint density at radius 1 is 1.29 bits per heavy atom. The molecule has 0 atom stereocenters. The Hall–Kier alpha value is -3.14. The molecule has 0 radical (unpaired) electrons. The molecular weight excluding hydrogens is 384 g/mol. The molecule has 28 heavy (non-hydrogen) atoms. The van der Waals surface area contributed by atoms with E-state index in [2.05, 4.69) is 16.9 Å². The van der Waals surface area contributed by atoms with Gasteiger partial charge in [-0.25, -0.2) is 9.78 Å². The van der Waals surface area contributed by atoms with Crippen LogP contribution in [0, 0.1) is 0 Å². The molecule has 3 rings (SSSR count). The molecule has 1 N–H and O–H groups in total. The predicted octanol–water partition coefficient (Wildman–Crippen LogP) is 1.48. The minimum atomic E-state index is -0.650. The van der Waals surface area contributed by atoms with Crippen LogP contribution in [0.4, 0.5) is 5.13 Å². The number of nitrogens with one attached hydrogen (secondary N) is 1. The highest BCUT2D eigenvalue weighted by Crippen LogP contribution is 2.16. The van der Waals surface area contributed by atoms with Crippen molar-refractivity contribution >= 4 is 34.3 Å². The summed E-state index contributed by atoms with van der Waals surface area (Å²) in [6.07, 6.45) is 3.13. The fourth-order valence-electron chi connectivity index (χ4n) is 2.62. The molecule has 0 unspecified atom stereocenters. The summed E-state index contributed by atoms with van der Waals surface area (Å²) in [4.78, 5) is 43.8. The topological polar surface area (TPSA) is 105 Å². The van der Waals surface area contributed by atoms with Crippen molar-refractivity contribution in [3.63, 3.8) is 0 Å². The lowest BCUT2D eigenvalue weighted by molar-refractivity contribution is -0.136. The van der Waals surface area contributed by atoms with Gasteiger partial charge in [0.05, 0.1) is 6.26 Å². The van der Waals surface area contributed by atoms with Crippen LogP contribution in [-0.2, 0) is 9.53 Å². The van der Waals surface area contributed by atoms with Crippen LogP contribution in [0.5, 0.6) is 0 Å². The molecule has 0 spiro atoms. The smallest absolute Gasteiger partial charge is 0.358 e. The van der Waals surface area contributed by atoms with E-state index in [4.69, 9.17) is 9.15 Å². The van der Waals surface area contributed by atoms with Gasteiger partial charge in [-0.05, 0) is 12.1 Å². The molecule has 1 fully saturated rings. The first-order valence-corrected chi connectivity index (χ1v) is 9.54. The number of hydrogen-bond acceptors (Lipinski definition) is 8. The first kappa shape index (κ1) is 19.6. The Bertz CT molecular complexity index is 840. The van der Waals surface area contributed by atoms with Crippen LogP contribution < -0.4 is 5.32 Å². The van der Waals surface area contributed by atoms with Crippen LogP contribution in [0.3, 0.4) is 0 Å². The van der Waals surface area contributed by atoms with Crippen LogP contribution in [0.1, 0.15) is 21.0 Å². The first-order chi connectivity index (χ1) is 13.6. The summed E-state index contributed by atoms with van der Waals surface area (Å²) in [5.41, 5.74) is 0.151. The van der Waals surface area contributed by atoms with Crippen molar-refractivity contribution in [2.75, 3.05) is 44.6 Å². The normalized spacial score (nSPS) is 13.9. The van der Waals surface area contributed by atoms with E-state index in [0.717, 1.165) is 0 Å². The van der Waals surface area contributed by atoms with Gasteiger partial charge in [0.15, 0.2) is 23.2 Å². The highest BCUT2D eigenvalue weighted by molar-refractivity contribution is 7.13. The third-order valence-corrected chi connectivity index (χ3v) is 4.89. The highest BCUT2D eigenvalue weighted by atomic mass is 32.1. The van der Waals surface area contributed by atoms with Crippen molar-refractivity contribution in [2.24, 2.45) is 0 Å². The van der Waals surface area contributed by atoms with Crippen molar-refractivity contribution in [3.8, 4) is 0 Å². The van der Waals surface area contributed by atoms with Crippen LogP contribution >= 0.6 is 11.3 Å². The fourth-order valence-corrected chi connectivity index (χ4v) is 3.31. The lowest BCUT2D eigenvalue weighted by atomic mass is 10.3. The Labute approximate surface area is 165 Å². The average Bonchev–Trinajstić information content (AvgIpc) is 3.42. The summed E-state index contributed by atoms with van der Waals surface area (Å²) in [6.45, 7) is 5.29.